The van der Waals surface area contributed by atoms with E-state index in [1.54, 1.807) is 0 Å². The molecule has 1 aliphatic heterocycles. The van der Waals surface area contributed by atoms with Crippen LogP contribution in [-0.2, 0) is 4.74 Å². The molecule has 0 amide bonds. The number of aliphatic hydroxyl groups is 1. The molecule has 1 fully saturated rings. The first-order chi connectivity index (χ1) is 6.29. The van der Waals surface area contributed by atoms with Gasteiger partial charge in [0.15, 0.2) is 0 Å². The van der Waals surface area contributed by atoms with Gasteiger partial charge < -0.3 is 15.2 Å². The second kappa shape index (κ2) is 6.35. The maximum absolute atomic E-state index is 9.00. The molecule has 3 nitrogen and oxygen atoms in total. The topological polar surface area (TPSA) is 41.5 Å². The Balaban J connectivity index is 1.83. The van der Waals surface area contributed by atoms with Crippen LogP contribution in [0.15, 0.2) is 0 Å². The smallest absolute Gasteiger partial charge is 0.0588 e. The largest absolute Gasteiger partial charge is 0.393 e. The van der Waals surface area contributed by atoms with Crippen LogP contribution in [0.5, 0.6) is 0 Å². The van der Waals surface area contributed by atoms with Crippen LogP contribution in [0, 0.1) is 0 Å². The highest BCUT2D eigenvalue weighted by molar-refractivity contribution is 4.66. The number of rotatable bonds is 6. The molecule has 3 heteroatoms. The summed E-state index contributed by atoms with van der Waals surface area (Å²) in [4.78, 5) is 0. The molecule has 0 bridgehead atoms. The molecule has 0 radical (unpaired) electrons. The highest BCUT2D eigenvalue weighted by Crippen LogP contribution is 2.14. The van der Waals surface area contributed by atoms with Crippen LogP contribution in [0.25, 0.3) is 0 Å². The third-order valence-electron chi connectivity index (χ3n) is 2.41. The number of aliphatic hydroxyl groups excluding tert-OH is 1. The van der Waals surface area contributed by atoms with E-state index in [-0.39, 0.29) is 6.10 Å². The standard InChI is InChI=1S/C10H21NO2/c1-9(12)4-6-11-7-5-10-3-2-8-13-10/h9-12H,2-8H2,1H3. The van der Waals surface area contributed by atoms with Gasteiger partial charge in [0.05, 0.1) is 12.2 Å². The first kappa shape index (κ1) is 11.0. The molecule has 0 spiro atoms. The van der Waals surface area contributed by atoms with Crippen LogP contribution in [0.3, 0.4) is 0 Å². The van der Waals surface area contributed by atoms with Crippen molar-refractivity contribution in [3.05, 3.63) is 0 Å². The van der Waals surface area contributed by atoms with Gasteiger partial charge in [-0.1, -0.05) is 0 Å². The second-order valence-electron chi connectivity index (χ2n) is 3.81. The summed E-state index contributed by atoms with van der Waals surface area (Å²) in [7, 11) is 0. The zero-order valence-corrected chi connectivity index (χ0v) is 8.46. The summed E-state index contributed by atoms with van der Waals surface area (Å²) in [6.45, 7) is 4.68. The molecule has 2 atom stereocenters. The first-order valence-electron chi connectivity index (χ1n) is 5.29. The Hall–Kier alpha value is -0.120. The number of hydrogen-bond donors (Lipinski definition) is 2. The number of hydrogen-bond acceptors (Lipinski definition) is 3. The quantitative estimate of drug-likeness (QED) is 0.607. The molecule has 13 heavy (non-hydrogen) atoms. The monoisotopic (exact) mass is 187 g/mol. The fourth-order valence-corrected chi connectivity index (χ4v) is 1.57. The van der Waals surface area contributed by atoms with E-state index in [1.807, 2.05) is 6.92 Å². The average Bonchev–Trinajstić information content (AvgIpc) is 2.55. The molecule has 1 heterocycles. The van der Waals surface area contributed by atoms with Gasteiger partial charge in [0.1, 0.15) is 0 Å². The zero-order valence-electron chi connectivity index (χ0n) is 8.46. The van der Waals surface area contributed by atoms with E-state index in [4.69, 9.17) is 9.84 Å². The molecule has 0 aromatic heterocycles. The Morgan fingerprint density at radius 1 is 1.54 bits per heavy atom. The molecule has 1 saturated heterocycles. The van der Waals surface area contributed by atoms with Gasteiger partial charge in [0.25, 0.3) is 0 Å². The summed E-state index contributed by atoms with van der Waals surface area (Å²) in [5.74, 6) is 0. The molecular formula is C10H21NO2. The van der Waals surface area contributed by atoms with Gasteiger partial charge in [0.2, 0.25) is 0 Å². The number of ether oxygens (including phenoxy) is 1. The van der Waals surface area contributed by atoms with Gasteiger partial charge in [-0.05, 0) is 45.7 Å². The molecule has 2 unspecified atom stereocenters. The van der Waals surface area contributed by atoms with Gasteiger partial charge in [-0.25, -0.2) is 0 Å². The van der Waals surface area contributed by atoms with E-state index in [0.29, 0.717) is 6.10 Å². The van der Waals surface area contributed by atoms with E-state index in [9.17, 15) is 0 Å². The summed E-state index contributed by atoms with van der Waals surface area (Å²) in [6.07, 6.45) is 4.69. The highest BCUT2D eigenvalue weighted by Gasteiger charge is 2.14. The number of nitrogens with one attached hydrogen (secondary N) is 1. The third-order valence-corrected chi connectivity index (χ3v) is 2.41. The van der Waals surface area contributed by atoms with Gasteiger partial charge >= 0.3 is 0 Å². The molecule has 0 saturated carbocycles. The maximum atomic E-state index is 9.00. The second-order valence-corrected chi connectivity index (χ2v) is 3.81. The normalized spacial score (nSPS) is 24.9. The van der Waals surface area contributed by atoms with Crippen molar-refractivity contribution in [1.29, 1.82) is 0 Å². The van der Waals surface area contributed by atoms with Gasteiger partial charge in [-0.2, -0.15) is 0 Å². The van der Waals surface area contributed by atoms with Gasteiger partial charge in [-0.3, -0.25) is 0 Å². The van der Waals surface area contributed by atoms with Crippen molar-refractivity contribution >= 4 is 0 Å². The lowest BCUT2D eigenvalue weighted by Gasteiger charge is -2.10. The Kier molecular flexibility index (Phi) is 5.35. The lowest BCUT2D eigenvalue weighted by molar-refractivity contribution is 0.104. The zero-order chi connectivity index (χ0) is 9.52. The van der Waals surface area contributed by atoms with E-state index >= 15 is 0 Å². The van der Waals surface area contributed by atoms with E-state index < -0.39 is 0 Å². The summed E-state index contributed by atoms with van der Waals surface area (Å²) in [6, 6.07) is 0. The lowest BCUT2D eigenvalue weighted by Crippen LogP contribution is -2.23. The lowest BCUT2D eigenvalue weighted by atomic mass is 10.2. The van der Waals surface area contributed by atoms with E-state index in [1.165, 1.54) is 12.8 Å². The molecule has 1 aliphatic rings. The molecule has 0 aliphatic carbocycles. The van der Waals surface area contributed by atoms with Crippen LogP contribution in [0.2, 0.25) is 0 Å². The van der Waals surface area contributed by atoms with Crippen molar-refractivity contribution < 1.29 is 9.84 Å². The first-order valence-corrected chi connectivity index (χ1v) is 5.29. The van der Waals surface area contributed by atoms with E-state index in [0.717, 1.165) is 32.5 Å². The predicted octanol–water partition coefficient (Wildman–Crippen LogP) is 0.916. The summed E-state index contributed by atoms with van der Waals surface area (Å²) in [5.41, 5.74) is 0. The summed E-state index contributed by atoms with van der Waals surface area (Å²) >= 11 is 0. The van der Waals surface area contributed by atoms with Crippen LogP contribution in [0.1, 0.15) is 32.6 Å². The fourth-order valence-electron chi connectivity index (χ4n) is 1.57. The van der Waals surface area contributed by atoms with Gasteiger partial charge in [-0.15, -0.1) is 0 Å². The minimum absolute atomic E-state index is 0.185. The van der Waals surface area contributed by atoms with Crippen LogP contribution in [-0.4, -0.2) is 37.0 Å². The predicted molar refractivity (Wildman–Crippen MR) is 52.8 cm³/mol. The molecule has 0 aromatic carbocycles. The van der Waals surface area contributed by atoms with Gasteiger partial charge in [0, 0.05) is 6.61 Å². The fraction of sp³-hybridized carbons (Fsp3) is 1.00. The Morgan fingerprint density at radius 3 is 3.00 bits per heavy atom. The van der Waals surface area contributed by atoms with Crippen molar-refractivity contribution in [1.82, 2.24) is 5.32 Å². The third kappa shape index (κ3) is 5.24. The maximum Gasteiger partial charge on any atom is 0.0588 e. The Bertz CT molecular complexity index is 122. The molecule has 0 aromatic rings. The minimum Gasteiger partial charge on any atom is -0.393 e. The highest BCUT2D eigenvalue weighted by atomic mass is 16.5. The summed E-state index contributed by atoms with van der Waals surface area (Å²) < 4.78 is 5.49. The van der Waals surface area contributed by atoms with Crippen molar-refractivity contribution in [2.45, 2.75) is 44.8 Å². The minimum atomic E-state index is -0.185. The molecular weight excluding hydrogens is 166 g/mol. The van der Waals surface area contributed by atoms with Crippen LogP contribution < -0.4 is 5.32 Å². The average molecular weight is 187 g/mol. The molecule has 2 N–H and O–H groups in total. The Labute approximate surface area is 80.5 Å². The van der Waals surface area contributed by atoms with Crippen LogP contribution in [0.4, 0.5) is 0 Å². The van der Waals surface area contributed by atoms with E-state index in [2.05, 4.69) is 5.32 Å². The van der Waals surface area contributed by atoms with Crippen molar-refractivity contribution in [2.75, 3.05) is 19.7 Å². The van der Waals surface area contributed by atoms with Crippen molar-refractivity contribution in [3.63, 3.8) is 0 Å². The summed E-state index contributed by atoms with van der Waals surface area (Å²) in [5, 5.41) is 12.3. The Morgan fingerprint density at radius 2 is 2.38 bits per heavy atom. The molecule has 78 valence electrons. The SMILES string of the molecule is CC(O)CCNCCC1CCCO1. The van der Waals surface area contributed by atoms with Crippen molar-refractivity contribution in [2.24, 2.45) is 0 Å². The van der Waals surface area contributed by atoms with Crippen molar-refractivity contribution in [3.8, 4) is 0 Å². The molecule has 1 rings (SSSR count). The van der Waals surface area contributed by atoms with Crippen LogP contribution >= 0.6 is 0 Å².